The highest BCUT2D eigenvalue weighted by atomic mass is 35.5. The van der Waals surface area contributed by atoms with Gasteiger partial charge in [0.25, 0.3) is 0 Å². The summed E-state index contributed by atoms with van der Waals surface area (Å²) in [6.45, 7) is 0. The molecule has 0 aliphatic heterocycles. The van der Waals surface area contributed by atoms with E-state index in [1.807, 2.05) is 0 Å². The Hall–Kier alpha value is -0.830. The predicted molar refractivity (Wildman–Crippen MR) is 35.8 cm³/mol. The fourth-order valence-corrected chi connectivity index (χ4v) is 0.694. The zero-order valence-electron chi connectivity index (χ0n) is 4.87. The molecule has 1 aromatic carbocycles. The van der Waals surface area contributed by atoms with Crippen molar-refractivity contribution < 1.29 is 8.78 Å². The molecule has 2 N–H and O–H groups in total. The monoisotopic (exact) mass is 163 g/mol. The average molecular weight is 164 g/mol. The van der Waals surface area contributed by atoms with Crippen LogP contribution in [0.15, 0.2) is 12.1 Å². The Morgan fingerprint density at radius 1 is 1.30 bits per heavy atom. The van der Waals surface area contributed by atoms with E-state index in [0.29, 0.717) is 0 Å². The van der Waals surface area contributed by atoms with Crippen molar-refractivity contribution in [3.05, 3.63) is 28.8 Å². The highest BCUT2D eigenvalue weighted by Gasteiger charge is 2.07. The maximum Gasteiger partial charge on any atom is 0.179 e. The smallest absolute Gasteiger partial charge is 0.179 e. The molecule has 0 amide bonds. The minimum absolute atomic E-state index is 0.0422. The average Bonchev–Trinajstić information content (AvgIpc) is 1.93. The second-order valence-electron chi connectivity index (χ2n) is 1.76. The van der Waals surface area contributed by atoms with Gasteiger partial charge >= 0.3 is 0 Å². The van der Waals surface area contributed by atoms with Crippen molar-refractivity contribution in [2.24, 2.45) is 0 Å². The summed E-state index contributed by atoms with van der Waals surface area (Å²) >= 11 is 5.24. The first-order valence-electron chi connectivity index (χ1n) is 2.52. The Morgan fingerprint density at radius 2 is 1.90 bits per heavy atom. The van der Waals surface area contributed by atoms with Crippen LogP contribution >= 0.6 is 11.6 Å². The van der Waals surface area contributed by atoms with E-state index < -0.39 is 11.6 Å². The number of benzene rings is 1. The van der Waals surface area contributed by atoms with E-state index in [1.165, 1.54) is 6.07 Å². The number of halogens is 3. The van der Waals surface area contributed by atoms with E-state index in [0.717, 1.165) is 6.07 Å². The second-order valence-corrected chi connectivity index (χ2v) is 2.14. The molecule has 0 bridgehead atoms. The van der Waals surface area contributed by atoms with E-state index >= 15 is 0 Å². The molecule has 1 nitrogen and oxygen atoms in total. The molecule has 1 rings (SSSR count). The Morgan fingerprint density at radius 3 is 2.40 bits per heavy atom. The van der Waals surface area contributed by atoms with E-state index in [4.69, 9.17) is 17.3 Å². The molecule has 0 atom stereocenters. The van der Waals surface area contributed by atoms with Gasteiger partial charge in [0.05, 0.1) is 5.69 Å². The lowest BCUT2D eigenvalue weighted by molar-refractivity contribution is 0.509. The van der Waals surface area contributed by atoms with E-state index in [1.54, 1.807) is 0 Å². The van der Waals surface area contributed by atoms with Crippen molar-refractivity contribution >= 4 is 17.3 Å². The number of hydrogen-bond acceptors (Lipinski definition) is 1. The third kappa shape index (κ3) is 1.04. The zero-order valence-corrected chi connectivity index (χ0v) is 5.62. The van der Waals surface area contributed by atoms with Gasteiger partial charge < -0.3 is 5.73 Å². The molecule has 0 saturated heterocycles. The van der Waals surface area contributed by atoms with Crippen LogP contribution in [0.3, 0.4) is 0 Å². The van der Waals surface area contributed by atoms with Gasteiger partial charge in [0, 0.05) is 0 Å². The normalized spacial score (nSPS) is 9.90. The van der Waals surface area contributed by atoms with Gasteiger partial charge in [-0.3, -0.25) is 0 Å². The lowest BCUT2D eigenvalue weighted by Gasteiger charge is -1.97. The summed E-state index contributed by atoms with van der Waals surface area (Å²) in [5.74, 6) is -2.08. The van der Waals surface area contributed by atoms with Crippen molar-refractivity contribution in [3.8, 4) is 0 Å². The first kappa shape index (κ1) is 7.28. The van der Waals surface area contributed by atoms with E-state index in [9.17, 15) is 8.78 Å². The summed E-state index contributed by atoms with van der Waals surface area (Å²) in [5, 5.41) is -0.361. The van der Waals surface area contributed by atoms with Gasteiger partial charge in [0.1, 0.15) is 5.02 Å². The van der Waals surface area contributed by atoms with Crippen LogP contribution in [0, 0.1) is 11.6 Å². The predicted octanol–water partition coefficient (Wildman–Crippen LogP) is 2.20. The zero-order chi connectivity index (χ0) is 7.72. The first-order chi connectivity index (χ1) is 4.63. The molecule has 0 heterocycles. The summed E-state index contributed by atoms with van der Waals surface area (Å²) in [5.41, 5.74) is 5.19. The Bertz CT molecular complexity index is 235. The molecule has 1 aromatic rings. The van der Waals surface area contributed by atoms with Gasteiger partial charge in [-0.05, 0) is 12.1 Å². The Kier molecular flexibility index (Phi) is 1.76. The minimum atomic E-state index is -1.10. The molecular weight excluding hydrogens is 160 g/mol. The van der Waals surface area contributed by atoms with Crippen LogP contribution in [0.5, 0.6) is 0 Å². The van der Waals surface area contributed by atoms with Crippen molar-refractivity contribution in [2.75, 3.05) is 5.73 Å². The van der Waals surface area contributed by atoms with E-state index in [-0.39, 0.29) is 10.7 Å². The summed E-state index contributed by atoms with van der Waals surface area (Å²) in [7, 11) is 0. The van der Waals surface area contributed by atoms with Crippen LogP contribution < -0.4 is 5.73 Å². The molecule has 4 heteroatoms. The molecule has 54 valence electrons. The van der Waals surface area contributed by atoms with Crippen LogP contribution in [0.2, 0.25) is 5.02 Å². The van der Waals surface area contributed by atoms with Gasteiger partial charge in [-0.25, -0.2) is 8.78 Å². The van der Waals surface area contributed by atoms with Crippen LogP contribution in [0.4, 0.5) is 14.5 Å². The highest BCUT2D eigenvalue weighted by Crippen LogP contribution is 2.23. The number of nitrogens with two attached hydrogens (primary N) is 1. The molecule has 0 radical (unpaired) electrons. The molecule has 0 aliphatic carbocycles. The quantitative estimate of drug-likeness (QED) is 0.461. The third-order valence-corrected chi connectivity index (χ3v) is 1.45. The molecule has 0 aromatic heterocycles. The fourth-order valence-electron chi connectivity index (χ4n) is 0.541. The standard InChI is InChI=1S/C6H4ClF2N/c7-5-4(10)2-1-3(8)6(5)9/h1-2H,10H2. The Balaban J connectivity index is 3.34. The number of rotatable bonds is 0. The topological polar surface area (TPSA) is 26.0 Å². The summed E-state index contributed by atoms with van der Waals surface area (Å²) in [6.07, 6.45) is 0. The van der Waals surface area contributed by atoms with Crippen molar-refractivity contribution in [2.45, 2.75) is 0 Å². The van der Waals surface area contributed by atoms with Gasteiger partial charge in [-0.1, -0.05) is 11.6 Å². The molecule has 0 unspecified atom stereocenters. The lowest BCUT2D eigenvalue weighted by atomic mass is 10.3. The fraction of sp³-hybridized carbons (Fsp3) is 0. The van der Waals surface area contributed by atoms with Crippen molar-refractivity contribution in [1.82, 2.24) is 0 Å². The lowest BCUT2D eigenvalue weighted by Crippen LogP contribution is -1.91. The maximum atomic E-state index is 12.4. The summed E-state index contributed by atoms with van der Waals surface area (Å²) < 4.78 is 24.6. The van der Waals surface area contributed by atoms with E-state index in [2.05, 4.69) is 0 Å². The molecule has 0 aliphatic rings. The Labute approximate surface area is 61.4 Å². The van der Waals surface area contributed by atoms with Crippen molar-refractivity contribution in [1.29, 1.82) is 0 Å². The van der Waals surface area contributed by atoms with Crippen LogP contribution in [-0.2, 0) is 0 Å². The van der Waals surface area contributed by atoms with Crippen LogP contribution in [-0.4, -0.2) is 0 Å². The molecule has 10 heavy (non-hydrogen) atoms. The molecular formula is C6H4ClF2N. The van der Waals surface area contributed by atoms with Gasteiger partial charge in [-0.15, -0.1) is 0 Å². The van der Waals surface area contributed by atoms with Gasteiger partial charge in [0.2, 0.25) is 0 Å². The number of anilines is 1. The summed E-state index contributed by atoms with van der Waals surface area (Å²) in [6, 6.07) is 2.14. The second kappa shape index (κ2) is 2.42. The van der Waals surface area contributed by atoms with Gasteiger partial charge in [0.15, 0.2) is 11.6 Å². The largest absolute Gasteiger partial charge is 0.397 e. The first-order valence-corrected chi connectivity index (χ1v) is 2.89. The highest BCUT2D eigenvalue weighted by molar-refractivity contribution is 6.33. The van der Waals surface area contributed by atoms with Gasteiger partial charge in [-0.2, -0.15) is 0 Å². The molecule has 0 saturated carbocycles. The number of nitrogen functional groups attached to an aromatic ring is 1. The molecule has 0 spiro atoms. The number of hydrogen-bond donors (Lipinski definition) is 1. The van der Waals surface area contributed by atoms with Crippen LogP contribution in [0.25, 0.3) is 0 Å². The van der Waals surface area contributed by atoms with Crippen LogP contribution in [0.1, 0.15) is 0 Å². The maximum absolute atomic E-state index is 12.4. The molecule has 0 fully saturated rings. The SMILES string of the molecule is Nc1ccc(F)c(F)c1Cl. The van der Waals surface area contributed by atoms with Crippen molar-refractivity contribution in [3.63, 3.8) is 0 Å². The minimum Gasteiger partial charge on any atom is -0.397 e. The summed E-state index contributed by atoms with van der Waals surface area (Å²) in [4.78, 5) is 0. The third-order valence-electron chi connectivity index (χ3n) is 1.07.